The summed E-state index contributed by atoms with van der Waals surface area (Å²) in [5, 5.41) is 25.5. The molecule has 8 N–H and O–H groups in total. The molecule has 3 aromatic rings. The van der Waals surface area contributed by atoms with Crippen molar-refractivity contribution in [1.29, 1.82) is 0 Å². The third-order valence-corrected chi connectivity index (χ3v) is 22.3. The largest absolute Gasteiger partial charge is 0.445 e. The number of para-hydroxylation sites is 1. The summed E-state index contributed by atoms with van der Waals surface area (Å²) in [6, 6.07) is 19.3. The van der Waals surface area contributed by atoms with Crippen molar-refractivity contribution < 1.29 is 99.7 Å². The first kappa shape index (κ1) is 83.4. The van der Waals surface area contributed by atoms with Crippen LogP contribution < -0.4 is 37.2 Å². The highest BCUT2D eigenvalue weighted by Crippen LogP contribution is 2.72. The molecule has 10 rings (SSSR count). The average molecular weight is 1530 g/mol. The lowest BCUT2D eigenvalue weighted by Crippen LogP contribution is -2.71. The summed E-state index contributed by atoms with van der Waals surface area (Å²) in [4.78, 5) is 137. The first-order chi connectivity index (χ1) is 52.7. The van der Waals surface area contributed by atoms with Gasteiger partial charge in [0.15, 0.2) is 29.9 Å². The van der Waals surface area contributed by atoms with Crippen LogP contribution in [0, 0.1) is 28.6 Å². The number of carbonyl (C=O) groups excluding carboxylic acids is 10. The van der Waals surface area contributed by atoms with Crippen molar-refractivity contribution in [2.75, 3.05) is 109 Å². The minimum atomic E-state index is -2.39. The Bertz CT molecular complexity index is 3910. The number of nitrogens with two attached hydrogens (primary N) is 1. The van der Waals surface area contributed by atoms with E-state index in [1.807, 2.05) is 62.4 Å². The first-order valence-corrected chi connectivity index (χ1v) is 38.1. The van der Waals surface area contributed by atoms with E-state index in [0.717, 1.165) is 34.0 Å². The lowest BCUT2D eigenvalue weighted by molar-refractivity contribution is -0.234. The van der Waals surface area contributed by atoms with Crippen molar-refractivity contribution >= 4 is 82.3 Å². The van der Waals surface area contributed by atoms with E-state index in [0.29, 0.717) is 50.5 Å². The van der Waals surface area contributed by atoms with Crippen LogP contribution in [0.15, 0.2) is 96.6 Å². The van der Waals surface area contributed by atoms with E-state index in [4.69, 9.17) is 43.6 Å². The number of carbonyl (C=O) groups is 10. The topological polar surface area (TPSA) is 361 Å². The number of urea groups is 1. The highest BCUT2D eigenvalue weighted by molar-refractivity contribution is 6.02. The van der Waals surface area contributed by atoms with Gasteiger partial charge in [0.1, 0.15) is 24.9 Å². The molecule has 1 unspecified atom stereocenters. The molecule has 7 aliphatic rings. The lowest BCUT2D eigenvalue weighted by Gasteiger charge is -2.63. The molecule has 0 aromatic heterocycles. The summed E-state index contributed by atoms with van der Waals surface area (Å²) in [6.45, 7) is 12.6. The zero-order valence-electron chi connectivity index (χ0n) is 63.5. The molecule has 28 nitrogen and oxygen atoms in total. The number of nitrogens with zero attached hydrogens (tertiary/aromatic N) is 3. The number of anilines is 2. The Labute approximate surface area is 639 Å². The fourth-order valence-electron chi connectivity index (χ4n) is 16.5. The number of allylic oxidation sites excluding steroid dienone is 5. The number of ketones is 2. The maximum Gasteiger partial charge on any atom is 0.410 e. The van der Waals surface area contributed by atoms with Gasteiger partial charge in [-0.1, -0.05) is 101 Å². The molecule has 3 heterocycles. The summed E-state index contributed by atoms with van der Waals surface area (Å²) in [5.41, 5.74) is 3.97. The van der Waals surface area contributed by atoms with Crippen molar-refractivity contribution in [1.82, 2.24) is 31.1 Å². The molecule has 2 saturated heterocycles. The number of hydrogen-bond acceptors (Lipinski definition) is 19. The van der Waals surface area contributed by atoms with Crippen LogP contribution in [0.5, 0.6) is 0 Å². The van der Waals surface area contributed by atoms with Gasteiger partial charge in [-0.15, -0.1) is 0 Å². The SMILES string of the molecule is CCCC1O[C@@H]2C[C@H]3[C@@H]4C[C@H](F)C5=CC(=O)C=C[C@]5(C)[C@@]4(F)[C@@H](O)C[C@]3(C)[C@]2(C(=O)COC(=O)N2CCN(C(=O)OCc3ccc(NC(=O)[C@H](CCCNC(N)=O)NC(=O)[C@@H](NC(=O)CCOCCOCCOCCOCCNC(=O)CCC(=O)N4Cc5ccccc5/C=C(/C)c5ccccc54)C(C)C)cc3)CC2)O1. The Morgan fingerprint density at radius 1 is 0.736 bits per heavy atom. The third kappa shape index (κ3) is 19.3. The third-order valence-electron chi connectivity index (χ3n) is 22.3. The fraction of sp³-hybridized carbons (Fsp3) is 0.575. The monoisotopic (exact) mass is 1530 g/mol. The molecule has 598 valence electrons. The second kappa shape index (κ2) is 37.8. The van der Waals surface area contributed by atoms with E-state index in [1.165, 1.54) is 28.9 Å². The van der Waals surface area contributed by atoms with Crippen molar-refractivity contribution in [3.05, 3.63) is 119 Å². The molecule has 3 saturated carbocycles. The molecule has 0 spiro atoms. The quantitative estimate of drug-likeness (QED) is 0.0283. The van der Waals surface area contributed by atoms with Gasteiger partial charge in [-0.05, 0) is 122 Å². The Morgan fingerprint density at radius 3 is 2.07 bits per heavy atom. The summed E-state index contributed by atoms with van der Waals surface area (Å²) < 4.78 is 80.7. The number of ether oxygens (including phenoxy) is 8. The lowest BCUT2D eigenvalue weighted by atomic mass is 9.44. The van der Waals surface area contributed by atoms with Crippen LogP contribution in [0.25, 0.3) is 11.6 Å². The van der Waals surface area contributed by atoms with Crippen LogP contribution in [-0.4, -0.2) is 221 Å². The van der Waals surface area contributed by atoms with Gasteiger partial charge < -0.3 is 90.0 Å². The van der Waals surface area contributed by atoms with E-state index in [1.54, 1.807) is 49.9 Å². The maximum atomic E-state index is 18.0. The predicted octanol–water partition coefficient (Wildman–Crippen LogP) is 7.33. The van der Waals surface area contributed by atoms with Crippen LogP contribution in [0.2, 0.25) is 0 Å². The number of rotatable bonds is 35. The maximum absolute atomic E-state index is 18.0. The second-order valence-electron chi connectivity index (χ2n) is 29.8. The van der Waals surface area contributed by atoms with Gasteiger partial charge in [-0.2, -0.15) is 0 Å². The van der Waals surface area contributed by atoms with E-state index in [9.17, 15) is 53.1 Å². The van der Waals surface area contributed by atoms with Gasteiger partial charge in [-0.3, -0.25) is 33.6 Å². The van der Waals surface area contributed by atoms with Gasteiger partial charge in [-0.25, -0.2) is 23.2 Å². The van der Waals surface area contributed by atoms with Crippen LogP contribution >= 0.6 is 0 Å². The molecule has 0 radical (unpaired) electrons. The number of aliphatic hydroxyl groups is 1. The van der Waals surface area contributed by atoms with Crippen molar-refractivity contribution in [2.45, 2.75) is 167 Å². The highest BCUT2D eigenvalue weighted by atomic mass is 19.1. The van der Waals surface area contributed by atoms with Gasteiger partial charge >= 0.3 is 18.2 Å². The highest BCUT2D eigenvalue weighted by Gasteiger charge is 2.80. The number of Topliss-reactive ketones (excluding diaryl/α,β-unsaturated/α-hetero) is 1. The van der Waals surface area contributed by atoms with E-state index in [2.05, 4.69) is 32.7 Å². The van der Waals surface area contributed by atoms with Crippen molar-refractivity contribution in [3.63, 3.8) is 0 Å². The number of alkyl halides is 2. The molecule has 4 aliphatic carbocycles. The number of benzene rings is 3. The van der Waals surface area contributed by atoms with Crippen LogP contribution in [-0.2, 0) is 84.6 Å². The Balaban J connectivity index is 0.586. The predicted molar refractivity (Wildman–Crippen MR) is 399 cm³/mol. The number of primary amides is 1. The Kier molecular flexibility index (Phi) is 28.7. The van der Waals surface area contributed by atoms with E-state index < -0.39 is 131 Å². The number of piperazine rings is 1. The van der Waals surface area contributed by atoms with Crippen molar-refractivity contribution in [2.24, 2.45) is 34.3 Å². The van der Waals surface area contributed by atoms with Crippen LogP contribution in [0.4, 0.5) is 34.5 Å². The van der Waals surface area contributed by atoms with Gasteiger partial charge in [0.2, 0.25) is 35.3 Å². The van der Waals surface area contributed by atoms with Gasteiger partial charge in [0.25, 0.3) is 0 Å². The number of hydrogen-bond donors (Lipinski definition) is 7. The summed E-state index contributed by atoms with van der Waals surface area (Å²) in [5.74, 6) is -5.35. The Morgan fingerprint density at radius 2 is 1.39 bits per heavy atom. The molecular formula is C80H105F2N9O19. The molecule has 3 aliphatic heterocycles. The van der Waals surface area contributed by atoms with Crippen molar-refractivity contribution in [3.8, 4) is 0 Å². The number of aliphatic hydroxyl groups excluding tert-OH is 1. The zero-order valence-corrected chi connectivity index (χ0v) is 63.5. The van der Waals surface area contributed by atoms with E-state index in [-0.39, 0.29) is 148 Å². The molecular weight excluding hydrogens is 1430 g/mol. The number of amides is 9. The normalized spacial score (nSPS) is 26.1. The molecule has 9 amide bonds. The van der Waals surface area contributed by atoms with Crippen LogP contribution in [0.1, 0.15) is 128 Å². The molecule has 30 heteroatoms. The summed E-state index contributed by atoms with van der Waals surface area (Å²) in [7, 11) is 0. The number of halogens is 2. The summed E-state index contributed by atoms with van der Waals surface area (Å²) in [6.07, 6.45) is 0.156. The molecule has 5 fully saturated rings. The van der Waals surface area contributed by atoms with Crippen LogP contribution in [0.3, 0.4) is 0 Å². The van der Waals surface area contributed by atoms with Gasteiger partial charge in [0, 0.05) is 86.5 Å². The zero-order chi connectivity index (χ0) is 78.9. The number of fused-ring (bicyclic) bond motifs is 9. The van der Waals surface area contributed by atoms with E-state index >= 15 is 8.78 Å². The molecule has 3 aromatic carbocycles. The fourth-order valence-corrected chi connectivity index (χ4v) is 16.5. The second-order valence-corrected chi connectivity index (χ2v) is 29.8. The molecule has 0 bridgehead atoms. The minimum Gasteiger partial charge on any atom is -0.445 e. The smallest absolute Gasteiger partial charge is 0.410 e. The van der Waals surface area contributed by atoms with Gasteiger partial charge in [0.05, 0.1) is 77.3 Å². The summed E-state index contributed by atoms with van der Waals surface area (Å²) >= 11 is 0. The molecule has 110 heavy (non-hydrogen) atoms. The number of nitrogens with one attached hydrogen (secondary N) is 5. The minimum absolute atomic E-state index is 0.0208. The Hall–Kier alpha value is -9.04. The average Bonchev–Trinajstić information content (AvgIpc) is 1.44. The first-order valence-electron chi connectivity index (χ1n) is 38.1. The molecule has 12 atom stereocenters. The standard InChI is InChI=1S/C80H105F2N9O19/c1-7-13-70-109-66-45-58-59-44-61(81)60-43-56(92)25-27-77(60,5)79(59,82)64(93)46-78(58,6)80(66,110-70)65(94)49-108-76(102)90-32-30-89(31-33-90)75(101)107-48-52-19-21-55(22-20-52)86-72(98)62(17-12-28-85-74(83)100)87-73(99)71(50(2)3)88-68(96)26-34-103-36-38-105-40-41-106-39-37-104-35-29-84-67(95)23-24-69(97)91-47-54-15-9-8-14-53(54)42-51(4)57-16-10-11-18-63(57)91/h8-11,14-16,18-22,25,27,42-43,50,58-59,61-62,64,66,70-71,93H,7,12-13,17,23-24,26,28-41,44-49H2,1-6H3,(H,84,95)(H,86,98)(H,87,99)(H,88,96)(H3,83,85,100)/b51-42-/t58-,59-,61-,62-,64-,66+,70?,71-,77-,78-,79-,80+/m0/s1.